The normalized spacial score (nSPS) is 15.1. The monoisotopic (exact) mass is 387 g/mol. The molecule has 0 bridgehead atoms. The summed E-state index contributed by atoms with van der Waals surface area (Å²) in [6.45, 7) is 1.54. The van der Waals surface area contributed by atoms with Gasteiger partial charge in [-0.25, -0.2) is 4.79 Å². The number of hydrogen-bond acceptors (Lipinski definition) is 3. The molecule has 6 nitrogen and oxygen atoms in total. The minimum Gasteiger partial charge on any atom is -0.348 e. The van der Waals surface area contributed by atoms with Gasteiger partial charge in [0.25, 0.3) is 5.91 Å². The third-order valence-corrected chi connectivity index (χ3v) is 5.09. The number of benzene rings is 3. The van der Waals surface area contributed by atoms with Gasteiger partial charge in [0, 0.05) is 5.69 Å². The average Bonchev–Trinajstić information content (AvgIpc) is 3.02. The van der Waals surface area contributed by atoms with Crippen LogP contribution in [-0.2, 0) is 9.59 Å². The fraction of sp³-hybridized carbons (Fsp3) is 0.174. The molecule has 29 heavy (non-hydrogen) atoms. The van der Waals surface area contributed by atoms with Crippen molar-refractivity contribution in [3.63, 3.8) is 0 Å². The van der Waals surface area contributed by atoms with Gasteiger partial charge in [-0.3, -0.25) is 19.4 Å². The standard InChI is InChI=1S/C23H21N3O3/c1-16(19-13-7-9-17-8-5-6-12-20(17)19)24-21(27)14-26-22(28)15-25(23(26)29)18-10-3-2-4-11-18/h2-13,16H,14-15H2,1H3,(H,24,27). The molecule has 0 spiro atoms. The molecule has 146 valence electrons. The van der Waals surface area contributed by atoms with E-state index < -0.39 is 6.03 Å². The van der Waals surface area contributed by atoms with Crippen molar-refractivity contribution in [2.75, 3.05) is 18.0 Å². The summed E-state index contributed by atoms with van der Waals surface area (Å²) in [6, 6.07) is 22.1. The van der Waals surface area contributed by atoms with Gasteiger partial charge in [0.1, 0.15) is 13.1 Å². The number of hydrogen-bond donors (Lipinski definition) is 1. The molecule has 3 aromatic carbocycles. The van der Waals surface area contributed by atoms with Gasteiger partial charge in [-0.05, 0) is 35.4 Å². The summed E-state index contributed by atoms with van der Waals surface area (Å²) in [5, 5.41) is 5.06. The van der Waals surface area contributed by atoms with E-state index in [-0.39, 0.29) is 30.9 Å². The molecular weight excluding hydrogens is 366 g/mol. The summed E-state index contributed by atoms with van der Waals surface area (Å²) in [7, 11) is 0. The Morgan fingerprint density at radius 3 is 2.45 bits per heavy atom. The number of nitrogens with zero attached hydrogens (tertiary/aromatic N) is 2. The van der Waals surface area contributed by atoms with Gasteiger partial charge in [-0.15, -0.1) is 0 Å². The second-order valence-electron chi connectivity index (χ2n) is 7.04. The van der Waals surface area contributed by atoms with Crippen molar-refractivity contribution in [1.82, 2.24) is 10.2 Å². The molecule has 4 amide bonds. The lowest BCUT2D eigenvalue weighted by molar-refractivity contribution is -0.130. The number of rotatable bonds is 5. The van der Waals surface area contributed by atoms with Gasteiger partial charge in [-0.1, -0.05) is 60.7 Å². The fourth-order valence-corrected chi connectivity index (χ4v) is 3.64. The van der Waals surface area contributed by atoms with Crippen molar-refractivity contribution < 1.29 is 14.4 Å². The highest BCUT2D eigenvalue weighted by molar-refractivity contribution is 6.13. The average molecular weight is 387 g/mol. The summed E-state index contributed by atoms with van der Waals surface area (Å²) < 4.78 is 0. The number of fused-ring (bicyclic) bond motifs is 1. The molecule has 3 aromatic rings. The minimum atomic E-state index is -0.478. The molecule has 1 heterocycles. The van der Waals surface area contributed by atoms with E-state index in [1.54, 1.807) is 24.3 Å². The zero-order valence-corrected chi connectivity index (χ0v) is 16.0. The van der Waals surface area contributed by atoms with Crippen molar-refractivity contribution in [2.45, 2.75) is 13.0 Å². The van der Waals surface area contributed by atoms with Crippen LogP contribution in [0.4, 0.5) is 10.5 Å². The van der Waals surface area contributed by atoms with E-state index >= 15 is 0 Å². The highest BCUT2D eigenvalue weighted by atomic mass is 16.2. The molecule has 6 heteroatoms. The summed E-state index contributed by atoms with van der Waals surface area (Å²) >= 11 is 0. The Labute approximate surface area is 168 Å². The van der Waals surface area contributed by atoms with E-state index in [0.29, 0.717) is 5.69 Å². The Morgan fingerprint density at radius 1 is 0.966 bits per heavy atom. The molecule has 1 saturated heterocycles. The SMILES string of the molecule is CC(NC(=O)CN1C(=O)CN(c2ccccc2)C1=O)c1cccc2ccccc12. The number of anilines is 1. The van der Waals surface area contributed by atoms with Crippen LogP contribution in [0.25, 0.3) is 10.8 Å². The Balaban J connectivity index is 1.45. The van der Waals surface area contributed by atoms with E-state index in [1.807, 2.05) is 55.5 Å². The summed E-state index contributed by atoms with van der Waals surface area (Å²) in [5.41, 5.74) is 1.62. The molecule has 4 rings (SSSR count). The first-order chi connectivity index (χ1) is 14.0. The van der Waals surface area contributed by atoms with Crippen molar-refractivity contribution in [3.8, 4) is 0 Å². The van der Waals surface area contributed by atoms with Crippen LogP contribution >= 0.6 is 0 Å². The number of nitrogens with one attached hydrogen (secondary N) is 1. The molecule has 0 aromatic heterocycles. The minimum absolute atomic E-state index is 0.0605. The van der Waals surface area contributed by atoms with Crippen LogP contribution in [0.15, 0.2) is 72.8 Å². The summed E-state index contributed by atoms with van der Waals surface area (Å²) in [5.74, 6) is -0.756. The number of amides is 4. The molecule has 1 fully saturated rings. The van der Waals surface area contributed by atoms with Crippen molar-refractivity contribution >= 4 is 34.3 Å². The van der Waals surface area contributed by atoms with Crippen LogP contribution in [0.2, 0.25) is 0 Å². The predicted molar refractivity (Wildman–Crippen MR) is 111 cm³/mol. The molecule has 1 aliphatic heterocycles. The van der Waals surface area contributed by atoms with Gasteiger partial charge in [0.2, 0.25) is 5.91 Å². The van der Waals surface area contributed by atoms with E-state index in [2.05, 4.69) is 5.32 Å². The van der Waals surface area contributed by atoms with Crippen LogP contribution in [0.3, 0.4) is 0 Å². The quantitative estimate of drug-likeness (QED) is 0.682. The van der Waals surface area contributed by atoms with Crippen LogP contribution < -0.4 is 10.2 Å². The van der Waals surface area contributed by atoms with Crippen molar-refractivity contribution in [3.05, 3.63) is 78.4 Å². The third-order valence-electron chi connectivity index (χ3n) is 5.09. The van der Waals surface area contributed by atoms with Crippen molar-refractivity contribution in [1.29, 1.82) is 0 Å². The zero-order valence-electron chi connectivity index (χ0n) is 16.0. The van der Waals surface area contributed by atoms with Gasteiger partial charge < -0.3 is 5.32 Å². The van der Waals surface area contributed by atoms with Gasteiger partial charge in [-0.2, -0.15) is 0 Å². The summed E-state index contributed by atoms with van der Waals surface area (Å²) in [4.78, 5) is 39.9. The van der Waals surface area contributed by atoms with Gasteiger partial charge in [0.05, 0.1) is 6.04 Å². The van der Waals surface area contributed by atoms with E-state index in [4.69, 9.17) is 0 Å². The molecule has 0 aliphatic carbocycles. The molecule has 1 atom stereocenters. The molecule has 0 radical (unpaired) electrons. The number of urea groups is 1. The van der Waals surface area contributed by atoms with Crippen molar-refractivity contribution in [2.24, 2.45) is 0 Å². The number of imide groups is 1. The number of para-hydroxylation sites is 1. The van der Waals surface area contributed by atoms with Crippen LogP contribution in [0.1, 0.15) is 18.5 Å². The Kier molecular flexibility index (Phi) is 4.99. The zero-order chi connectivity index (χ0) is 20.4. The predicted octanol–water partition coefficient (Wildman–Crippen LogP) is 3.49. The third kappa shape index (κ3) is 3.69. The molecule has 1 N–H and O–H groups in total. The number of carbonyl (C=O) groups excluding carboxylic acids is 3. The first kappa shape index (κ1) is 18.7. The lowest BCUT2D eigenvalue weighted by Crippen LogP contribution is -2.42. The summed E-state index contributed by atoms with van der Waals surface area (Å²) in [6.07, 6.45) is 0. The topological polar surface area (TPSA) is 69.7 Å². The van der Waals surface area contributed by atoms with Crippen LogP contribution in [0.5, 0.6) is 0 Å². The van der Waals surface area contributed by atoms with Crippen LogP contribution in [0, 0.1) is 0 Å². The molecular formula is C23H21N3O3. The number of carbonyl (C=O) groups is 3. The Bertz CT molecular complexity index is 1080. The first-order valence-corrected chi connectivity index (χ1v) is 9.48. The lowest BCUT2D eigenvalue weighted by atomic mass is 10.00. The first-order valence-electron chi connectivity index (χ1n) is 9.48. The second-order valence-corrected chi connectivity index (χ2v) is 7.04. The Morgan fingerprint density at radius 2 is 1.66 bits per heavy atom. The fourth-order valence-electron chi connectivity index (χ4n) is 3.64. The molecule has 1 unspecified atom stereocenters. The maximum absolute atomic E-state index is 12.6. The van der Waals surface area contributed by atoms with E-state index in [9.17, 15) is 14.4 Å². The maximum atomic E-state index is 12.6. The highest BCUT2D eigenvalue weighted by Gasteiger charge is 2.38. The molecule has 1 aliphatic rings. The van der Waals surface area contributed by atoms with Gasteiger partial charge >= 0.3 is 6.03 Å². The highest BCUT2D eigenvalue weighted by Crippen LogP contribution is 2.24. The largest absolute Gasteiger partial charge is 0.348 e. The van der Waals surface area contributed by atoms with Gasteiger partial charge in [0.15, 0.2) is 0 Å². The smallest absolute Gasteiger partial charge is 0.332 e. The lowest BCUT2D eigenvalue weighted by Gasteiger charge is -2.20. The molecule has 0 saturated carbocycles. The van der Waals surface area contributed by atoms with Crippen LogP contribution in [-0.4, -0.2) is 35.8 Å². The Hall–Kier alpha value is -3.67. The van der Waals surface area contributed by atoms with E-state index in [0.717, 1.165) is 21.2 Å². The van der Waals surface area contributed by atoms with E-state index in [1.165, 1.54) is 4.90 Å². The maximum Gasteiger partial charge on any atom is 0.332 e. The second kappa shape index (κ2) is 7.75.